The fourth-order valence-electron chi connectivity index (χ4n) is 8.81. The lowest BCUT2D eigenvalue weighted by Gasteiger charge is -2.28. The van der Waals surface area contributed by atoms with Crippen LogP contribution in [0, 0.1) is 0 Å². The molecule has 0 radical (unpaired) electrons. The van der Waals surface area contributed by atoms with Crippen LogP contribution in [0.4, 0.5) is 17.1 Å². The van der Waals surface area contributed by atoms with Gasteiger partial charge in [0.25, 0.3) is 0 Å². The zero-order valence-corrected chi connectivity index (χ0v) is 30.7. The minimum Gasteiger partial charge on any atom is -0.310 e. The van der Waals surface area contributed by atoms with Crippen molar-refractivity contribution < 1.29 is 0 Å². The second kappa shape index (κ2) is 13.2. The molecule has 0 saturated heterocycles. The van der Waals surface area contributed by atoms with Gasteiger partial charge in [-0.25, -0.2) is 0 Å². The molecule has 11 rings (SSSR count). The molecule has 0 atom stereocenters. The number of nitrogens with zero attached hydrogens (tertiary/aromatic N) is 2. The predicted octanol–water partition coefficient (Wildman–Crippen LogP) is 15.0. The number of aromatic nitrogens is 1. The van der Waals surface area contributed by atoms with Crippen LogP contribution in [0.25, 0.3) is 82.1 Å². The highest BCUT2D eigenvalue weighted by atomic mass is 15.1. The van der Waals surface area contributed by atoms with Gasteiger partial charge in [-0.15, -0.1) is 0 Å². The maximum atomic E-state index is 2.41. The lowest BCUT2D eigenvalue weighted by Crippen LogP contribution is -2.11. The molecule has 0 aliphatic heterocycles. The molecule has 2 heteroatoms. The molecule has 11 aromatic rings. The van der Waals surface area contributed by atoms with Crippen molar-refractivity contribution in [3.63, 3.8) is 0 Å². The first-order chi connectivity index (χ1) is 27.8. The fourth-order valence-corrected chi connectivity index (χ4v) is 8.81. The molecular formula is C54H36N2. The largest absolute Gasteiger partial charge is 0.310 e. The molecule has 0 amide bonds. The Bertz CT molecular complexity index is 3230. The Labute approximate surface area is 325 Å². The average Bonchev–Trinajstić information content (AvgIpc) is 3.62. The first-order valence-corrected chi connectivity index (χ1v) is 19.3. The summed E-state index contributed by atoms with van der Waals surface area (Å²) in [6, 6.07) is 79.4. The molecule has 0 aliphatic carbocycles. The van der Waals surface area contributed by atoms with Crippen LogP contribution < -0.4 is 4.90 Å². The van der Waals surface area contributed by atoms with Crippen LogP contribution >= 0.6 is 0 Å². The van der Waals surface area contributed by atoms with Gasteiger partial charge in [-0.1, -0.05) is 158 Å². The molecule has 262 valence electrons. The average molecular weight is 713 g/mol. The van der Waals surface area contributed by atoms with Crippen molar-refractivity contribution in [2.75, 3.05) is 4.90 Å². The van der Waals surface area contributed by atoms with Crippen LogP contribution in [-0.4, -0.2) is 4.57 Å². The third kappa shape index (κ3) is 5.19. The number of rotatable bonds is 6. The third-order valence-corrected chi connectivity index (χ3v) is 11.4. The second-order valence-electron chi connectivity index (χ2n) is 14.5. The van der Waals surface area contributed by atoms with E-state index in [1.165, 1.54) is 76.4 Å². The van der Waals surface area contributed by atoms with Crippen LogP contribution in [0.5, 0.6) is 0 Å². The Morgan fingerprint density at radius 1 is 0.321 bits per heavy atom. The SMILES string of the molecule is c1ccc(-c2ccccc2N(c2ccc(-c3cc4ccccc4c4ccccc34)cc2)c2ccc(-n3c4ccccc4c4c5ccccc5ccc43)cc2)cc1. The Hall–Kier alpha value is -7.42. The van der Waals surface area contributed by atoms with Crippen LogP contribution in [-0.2, 0) is 0 Å². The highest BCUT2D eigenvalue weighted by molar-refractivity contribution is 6.21. The van der Waals surface area contributed by atoms with Gasteiger partial charge >= 0.3 is 0 Å². The second-order valence-corrected chi connectivity index (χ2v) is 14.5. The standard InChI is InChI=1S/C54H36N2/c1-2-14-37(15-3-1)45-19-10-12-24-51(45)55(41-29-26-39(27-30-41)50-36-40-17-5-6-18-44(40)47-21-8-9-22-48(47)50)42-31-33-43(34-32-42)56-52-25-13-11-23-49(52)54-46-20-7-4-16-38(46)28-35-53(54)56/h1-36H. The number of anilines is 3. The van der Waals surface area contributed by atoms with Crippen LogP contribution in [0.3, 0.4) is 0 Å². The molecule has 1 aromatic heterocycles. The van der Waals surface area contributed by atoms with E-state index in [2.05, 4.69) is 228 Å². The molecule has 0 saturated carbocycles. The van der Waals surface area contributed by atoms with Crippen molar-refractivity contribution in [2.45, 2.75) is 0 Å². The zero-order valence-electron chi connectivity index (χ0n) is 30.7. The van der Waals surface area contributed by atoms with Gasteiger partial charge in [0.1, 0.15) is 0 Å². The van der Waals surface area contributed by atoms with Gasteiger partial charge < -0.3 is 9.47 Å². The lowest BCUT2D eigenvalue weighted by molar-refractivity contribution is 1.17. The summed E-state index contributed by atoms with van der Waals surface area (Å²) in [6.45, 7) is 0. The molecule has 10 aromatic carbocycles. The normalized spacial score (nSPS) is 11.6. The highest BCUT2D eigenvalue weighted by Crippen LogP contribution is 2.43. The molecular weight excluding hydrogens is 677 g/mol. The molecule has 0 fully saturated rings. The van der Waals surface area contributed by atoms with Gasteiger partial charge in [0, 0.05) is 33.4 Å². The topological polar surface area (TPSA) is 8.17 Å². The number of para-hydroxylation sites is 2. The molecule has 1 heterocycles. The summed E-state index contributed by atoms with van der Waals surface area (Å²) in [5.74, 6) is 0. The van der Waals surface area contributed by atoms with E-state index in [1.807, 2.05) is 0 Å². The van der Waals surface area contributed by atoms with Gasteiger partial charge in [0.15, 0.2) is 0 Å². The Kier molecular flexibility index (Phi) is 7.53. The van der Waals surface area contributed by atoms with Gasteiger partial charge in [0.2, 0.25) is 0 Å². The smallest absolute Gasteiger partial charge is 0.0547 e. The van der Waals surface area contributed by atoms with Gasteiger partial charge in [0.05, 0.1) is 16.7 Å². The van der Waals surface area contributed by atoms with E-state index in [0.29, 0.717) is 0 Å². The number of hydrogen-bond acceptors (Lipinski definition) is 1. The maximum Gasteiger partial charge on any atom is 0.0547 e. The number of fused-ring (bicyclic) bond motifs is 8. The van der Waals surface area contributed by atoms with E-state index in [4.69, 9.17) is 0 Å². The van der Waals surface area contributed by atoms with Crippen molar-refractivity contribution in [2.24, 2.45) is 0 Å². The monoisotopic (exact) mass is 712 g/mol. The summed E-state index contributed by atoms with van der Waals surface area (Å²) >= 11 is 0. The van der Waals surface area contributed by atoms with E-state index in [1.54, 1.807) is 0 Å². The van der Waals surface area contributed by atoms with E-state index in [-0.39, 0.29) is 0 Å². The summed E-state index contributed by atoms with van der Waals surface area (Å²) in [6.07, 6.45) is 0. The molecule has 0 unspecified atom stereocenters. The number of benzene rings is 10. The van der Waals surface area contributed by atoms with E-state index < -0.39 is 0 Å². The van der Waals surface area contributed by atoms with Crippen molar-refractivity contribution in [3.8, 4) is 27.9 Å². The Morgan fingerprint density at radius 2 is 0.893 bits per heavy atom. The van der Waals surface area contributed by atoms with Crippen LogP contribution in [0.2, 0.25) is 0 Å². The maximum absolute atomic E-state index is 2.41. The highest BCUT2D eigenvalue weighted by Gasteiger charge is 2.19. The molecule has 0 bridgehead atoms. The summed E-state index contributed by atoms with van der Waals surface area (Å²) in [5, 5.41) is 10.2. The van der Waals surface area contributed by atoms with Crippen molar-refractivity contribution in [1.82, 2.24) is 4.57 Å². The summed E-state index contributed by atoms with van der Waals surface area (Å²) < 4.78 is 2.41. The van der Waals surface area contributed by atoms with Crippen molar-refractivity contribution in [1.29, 1.82) is 0 Å². The van der Waals surface area contributed by atoms with E-state index in [0.717, 1.165) is 22.7 Å². The van der Waals surface area contributed by atoms with Crippen LogP contribution in [0.15, 0.2) is 218 Å². The van der Waals surface area contributed by atoms with E-state index >= 15 is 0 Å². The Balaban J connectivity index is 1.07. The van der Waals surface area contributed by atoms with Gasteiger partial charge in [-0.05, 0) is 110 Å². The minimum absolute atomic E-state index is 1.09. The predicted molar refractivity (Wildman–Crippen MR) is 239 cm³/mol. The molecule has 0 aliphatic rings. The fraction of sp³-hybridized carbons (Fsp3) is 0. The summed E-state index contributed by atoms with van der Waals surface area (Å²) in [4.78, 5) is 2.40. The Morgan fingerprint density at radius 3 is 1.68 bits per heavy atom. The lowest BCUT2D eigenvalue weighted by atomic mass is 9.93. The van der Waals surface area contributed by atoms with Crippen molar-refractivity contribution >= 4 is 71.2 Å². The van der Waals surface area contributed by atoms with Gasteiger partial charge in [-0.2, -0.15) is 0 Å². The molecule has 56 heavy (non-hydrogen) atoms. The van der Waals surface area contributed by atoms with Crippen molar-refractivity contribution in [3.05, 3.63) is 218 Å². The quantitative estimate of drug-likeness (QED) is 0.156. The molecule has 0 N–H and O–H groups in total. The molecule has 2 nitrogen and oxygen atoms in total. The van der Waals surface area contributed by atoms with E-state index in [9.17, 15) is 0 Å². The third-order valence-electron chi connectivity index (χ3n) is 11.4. The first kappa shape index (κ1) is 32.0. The number of hydrogen-bond donors (Lipinski definition) is 0. The summed E-state index contributed by atoms with van der Waals surface area (Å²) in [5.41, 5.74) is 11.6. The first-order valence-electron chi connectivity index (χ1n) is 19.3. The minimum atomic E-state index is 1.09. The summed E-state index contributed by atoms with van der Waals surface area (Å²) in [7, 11) is 0. The van der Waals surface area contributed by atoms with Crippen LogP contribution in [0.1, 0.15) is 0 Å². The van der Waals surface area contributed by atoms with Gasteiger partial charge in [-0.3, -0.25) is 0 Å². The zero-order chi connectivity index (χ0) is 37.0. The molecule has 0 spiro atoms.